The molecule has 0 aliphatic heterocycles. The summed E-state index contributed by atoms with van der Waals surface area (Å²) in [6.07, 6.45) is 1.41. The summed E-state index contributed by atoms with van der Waals surface area (Å²) >= 11 is 0. The zero-order chi connectivity index (χ0) is 29.4. The second kappa shape index (κ2) is 13.1. The summed E-state index contributed by atoms with van der Waals surface area (Å²) in [5.74, 6) is -0.448. The number of hydrogen-bond acceptors (Lipinski definition) is 6. The van der Waals surface area contributed by atoms with Crippen molar-refractivity contribution in [3.05, 3.63) is 125 Å². The molecule has 1 amide bonds. The molecule has 0 aliphatic carbocycles. The number of nitrogens with one attached hydrogen (secondary N) is 1. The second-order valence-corrected chi connectivity index (χ2v) is 11.6. The van der Waals surface area contributed by atoms with Crippen LogP contribution in [-0.2, 0) is 14.8 Å². The largest absolute Gasteiger partial charge is 0.423 e. The van der Waals surface area contributed by atoms with Crippen LogP contribution in [0, 0.1) is 6.92 Å². The van der Waals surface area contributed by atoms with Gasteiger partial charge in [-0.3, -0.25) is 9.10 Å². The summed E-state index contributed by atoms with van der Waals surface area (Å²) in [6, 6.07) is 28.8. The van der Waals surface area contributed by atoms with Crippen molar-refractivity contribution in [1.82, 2.24) is 5.43 Å². The molecule has 4 rings (SSSR count). The van der Waals surface area contributed by atoms with Gasteiger partial charge in [-0.15, -0.1) is 0 Å². The maximum Gasteiger partial charge on any atom is 0.343 e. The van der Waals surface area contributed by atoms with Gasteiger partial charge in [-0.1, -0.05) is 61.9 Å². The van der Waals surface area contributed by atoms with E-state index in [0.717, 1.165) is 15.4 Å². The Morgan fingerprint density at radius 2 is 1.51 bits per heavy atom. The first-order valence-electron chi connectivity index (χ1n) is 13.0. The van der Waals surface area contributed by atoms with E-state index >= 15 is 0 Å². The van der Waals surface area contributed by atoms with E-state index in [0.29, 0.717) is 22.6 Å². The summed E-state index contributed by atoms with van der Waals surface area (Å²) in [4.78, 5) is 25.1. The van der Waals surface area contributed by atoms with Crippen LogP contribution in [0.2, 0.25) is 0 Å². The van der Waals surface area contributed by atoms with Crippen molar-refractivity contribution in [1.29, 1.82) is 0 Å². The van der Waals surface area contributed by atoms with E-state index < -0.39 is 28.4 Å². The lowest BCUT2D eigenvalue weighted by Crippen LogP contribution is -2.39. The third-order valence-electron chi connectivity index (χ3n) is 6.25. The Kier molecular flexibility index (Phi) is 9.31. The van der Waals surface area contributed by atoms with Crippen LogP contribution in [0.25, 0.3) is 0 Å². The van der Waals surface area contributed by atoms with Gasteiger partial charge in [0.05, 0.1) is 22.4 Å². The summed E-state index contributed by atoms with van der Waals surface area (Å²) in [5, 5.41) is 3.98. The average molecular weight is 570 g/mol. The van der Waals surface area contributed by atoms with Gasteiger partial charge >= 0.3 is 5.97 Å². The smallest absolute Gasteiger partial charge is 0.343 e. The first-order chi connectivity index (χ1) is 19.6. The molecule has 0 bridgehead atoms. The Morgan fingerprint density at radius 1 is 0.878 bits per heavy atom. The van der Waals surface area contributed by atoms with Crippen molar-refractivity contribution in [2.75, 3.05) is 10.8 Å². The van der Waals surface area contributed by atoms with E-state index in [1.54, 1.807) is 72.8 Å². The zero-order valence-corrected chi connectivity index (χ0v) is 23.8. The number of benzene rings is 4. The number of hydrogen-bond donors (Lipinski definition) is 1. The number of sulfonamides is 1. The standard InChI is InChI=1S/C32H31N3O5S/c1-23(2)26-13-15-28(16-14-26)35(41(38,39)30-19-9-24(3)10-20-30)22-31(36)34-33-21-25-11-17-29(18-12-25)40-32(37)27-7-5-4-6-8-27/h4-21,23H,22H2,1-3H3,(H,34,36)/b33-21-. The summed E-state index contributed by atoms with van der Waals surface area (Å²) in [7, 11) is -4.03. The van der Waals surface area contributed by atoms with Gasteiger partial charge in [-0.05, 0) is 84.6 Å². The molecular formula is C32H31N3O5S. The number of ether oxygens (including phenoxy) is 1. The molecule has 0 unspecified atom stereocenters. The van der Waals surface area contributed by atoms with Crippen LogP contribution < -0.4 is 14.5 Å². The molecule has 0 spiro atoms. The Balaban J connectivity index is 1.44. The molecule has 0 fully saturated rings. The van der Waals surface area contributed by atoms with Gasteiger partial charge in [0, 0.05) is 0 Å². The Hall–Kier alpha value is -4.76. The third-order valence-corrected chi connectivity index (χ3v) is 8.04. The lowest BCUT2D eigenvalue weighted by Gasteiger charge is -2.24. The van der Waals surface area contributed by atoms with Crippen LogP contribution in [-0.4, -0.2) is 33.1 Å². The molecule has 4 aromatic rings. The second-order valence-electron chi connectivity index (χ2n) is 9.69. The Bertz CT molecular complexity index is 1620. The quantitative estimate of drug-likeness (QED) is 0.114. The van der Waals surface area contributed by atoms with Crippen molar-refractivity contribution in [3.63, 3.8) is 0 Å². The number of nitrogens with zero attached hydrogens (tertiary/aromatic N) is 2. The van der Waals surface area contributed by atoms with Crippen molar-refractivity contribution in [2.45, 2.75) is 31.6 Å². The number of anilines is 1. The summed E-state index contributed by atoms with van der Waals surface area (Å²) < 4.78 is 33.6. The predicted molar refractivity (Wildman–Crippen MR) is 160 cm³/mol. The lowest BCUT2D eigenvalue weighted by molar-refractivity contribution is -0.119. The van der Waals surface area contributed by atoms with E-state index in [1.165, 1.54) is 18.3 Å². The molecule has 210 valence electrons. The van der Waals surface area contributed by atoms with Crippen LogP contribution in [0.1, 0.15) is 46.8 Å². The lowest BCUT2D eigenvalue weighted by atomic mass is 10.0. The van der Waals surface area contributed by atoms with Gasteiger partial charge in [0.2, 0.25) is 0 Å². The van der Waals surface area contributed by atoms with E-state index in [2.05, 4.69) is 10.5 Å². The monoisotopic (exact) mass is 569 g/mol. The highest BCUT2D eigenvalue weighted by Gasteiger charge is 2.27. The highest BCUT2D eigenvalue weighted by molar-refractivity contribution is 7.92. The van der Waals surface area contributed by atoms with E-state index in [-0.39, 0.29) is 10.8 Å². The molecule has 1 N–H and O–H groups in total. The molecule has 0 heterocycles. The minimum Gasteiger partial charge on any atom is -0.423 e. The first-order valence-corrected chi connectivity index (χ1v) is 14.5. The normalized spacial score (nSPS) is 11.4. The highest BCUT2D eigenvalue weighted by Crippen LogP contribution is 2.26. The number of carbonyl (C=O) groups excluding carboxylic acids is 2. The van der Waals surface area contributed by atoms with Gasteiger partial charge in [-0.2, -0.15) is 5.10 Å². The number of hydrazone groups is 1. The van der Waals surface area contributed by atoms with E-state index in [9.17, 15) is 18.0 Å². The highest BCUT2D eigenvalue weighted by atomic mass is 32.2. The third kappa shape index (κ3) is 7.67. The van der Waals surface area contributed by atoms with Crippen LogP contribution in [0.4, 0.5) is 5.69 Å². The molecule has 0 radical (unpaired) electrons. The van der Waals surface area contributed by atoms with E-state index in [4.69, 9.17) is 4.74 Å². The fourth-order valence-corrected chi connectivity index (χ4v) is 5.31. The molecule has 0 saturated carbocycles. The van der Waals surface area contributed by atoms with Gasteiger partial charge in [0.15, 0.2) is 0 Å². The molecule has 0 aliphatic rings. The minimum atomic E-state index is -4.03. The van der Waals surface area contributed by atoms with Crippen LogP contribution in [0.5, 0.6) is 5.75 Å². The van der Waals surface area contributed by atoms with Crippen LogP contribution >= 0.6 is 0 Å². The van der Waals surface area contributed by atoms with Crippen molar-refractivity contribution in [2.24, 2.45) is 5.10 Å². The Morgan fingerprint density at radius 3 is 2.12 bits per heavy atom. The van der Waals surface area contributed by atoms with Gasteiger partial charge < -0.3 is 4.74 Å². The molecule has 0 aromatic heterocycles. The fraction of sp³-hybridized carbons (Fsp3) is 0.156. The first kappa shape index (κ1) is 29.2. The van der Waals surface area contributed by atoms with Crippen molar-refractivity contribution >= 4 is 33.8 Å². The number of rotatable bonds is 10. The SMILES string of the molecule is Cc1ccc(S(=O)(=O)N(CC(=O)N/N=C\c2ccc(OC(=O)c3ccccc3)cc2)c2ccc(C(C)C)cc2)cc1. The average Bonchev–Trinajstić information content (AvgIpc) is 2.97. The van der Waals surface area contributed by atoms with Crippen LogP contribution in [0.15, 0.2) is 113 Å². The van der Waals surface area contributed by atoms with Gasteiger partial charge in [0.1, 0.15) is 12.3 Å². The molecule has 8 nitrogen and oxygen atoms in total. The molecular weight excluding hydrogens is 538 g/mol. The number of aryl methyl sites for hydroxylation is 1. The van der Waals surface area contributed by atoms with Gasteiger partial charge in [-0.25, -0.2) is 18.6 Å². The number of carbonyl (C=O) groups is 2. The van der Waals surface area contributed by atoms with E-state index in [1.807, 2.05) is 39.0 Å². The molecule has 4 aromatic carbocycles. The van der Waals surface area contributed by atoms with Crippen molar-refractivity contribution < 1.29 is 22.7 Å². The van der Waals surface area contributed by atoms with Crippen molar-refractivity contribution in [3.8, 4) is 5.75 Å². The summed E-state index contributed by atoms with van der Waals surface area (Å²) in [5.41, 5.74) is 5.82. The molecule has 41 heavy (non-hydrogen) atoms. The topological polar surface area (TPSA) is 105 Å². The zero-order valence-electron chi connectivity index (χ0n) is 23.0. The van der Waals surface area contributed by atoms with Crippen LogP contribution in [0.3, 0.4) is 0 Å². The van der Waals surface area contributed by atoms with Gasteiger partial charge in [0.25, 0.3) is 15.9 Å². The summed E-state index contributed by atoms with van der Waals surface area (Å²) in [6.45, 7) is 5.50. The Labute approximate surface area is 240 Å². The maximum absolute atomic E-state index is 13.6. The minimum absolute atomic E-state index is 0.0837. The number of amides is 1. The molecule has 9 heteroatoms. The fourth-order valence-electron chi connectivity index (χ4n) is 3.88. The number of esters is 1. The predicted octanol–water partition coefficient (Wildman–Crippen LogP) is 5.68. The molecule has 0 atom stereocenters. The molecule has 0 saturated heterocycles. The maximum atomic E-state index is 13.6.